The predicted molar refractivity (Wildman–Crippen MR) is 142 cm³/mol. The van der Waals surface area contributed by atoms with Crippen molar-refractivity contribution in [3.8, 4) is 17.2 Å². The smallest absolute Gasteiger partial charge is 0.340 e. The van der Waals surface area contributed by atoms with Crippen LogP contribution >= 0.6 is 0 Å². The summed E-state index contributed by atoms with van der Waals surface area (Å²) in [6.07, 6.45) is -0.780. The van der Waals surface area contributed by atoms with Crippen molar-refractivity contribution in [2.45, 2.75) is 31.8 Å². The minimum absolute atomic E-state index is 0.0424. The number of hydrogen-bond donors (Lipinski definition) is 2. The zero-order valence-electron chi connectivity index (χ0n) is 21.4. The van der Waals surface area contributed by atoms with Gasteiger partial charge in [0.15, 0.2) is 17.7 Å². The number of para-hydroxylation sites is 2. The fraction of sp³-hybridized carbons (Fsp3) is 0.310. The molecule has 0 aliphatic carbocycles. The number of ether oxygens (including phenoxy) is 4. The van der Waals surface area contributed by atoms with Crippen molar-refractivity contribution in [1.29, 1.82) is 0 Å². The fourth-order valence-electron chi connectivity index (χ4n) is 4.23. The molecule has 3 aromatic rings. The fourth-order valence-corrected chi connectivity index (χ4v) is 4.23. The van der Waals surface area contributed by atoms with Gasteiger partial charge in [-0.25, -0.2) is 4.79 Å². The van der Waals surface area contributed by atoms with Gasteiger partial charge in [0.2, 0.25) is 6.41 Å². The van der Waals surface area contributed by atoms with Crippen LogP contribution in [0.5, 0.6) is 17.2 Å². The van der Waals surface area contributed by atoms with E-state index in [1.807, 2.05) is 37.3 Å². The largest absolute Gasteiger partial charge is 0.493 e. The van der Waals surface area contributed by atoms with Crippen molar-refractivity contribution in [1.82, 2.24) is 5.32 Å². The van der Waals surface area contributed by atoms with Gasteiger partial charge in [-0.1, -0.05) is 36.4 Å². The molecule has 38 heavy (non-hydrogen) atoms. The Bertz CT molecular complexity index is 1220. The molecule has 0 aromatic heterocycles. The van der Waals surface area contributed by atoms with Crippen molar-refractivity contribution in [3.63, 3.8) is 0 Å². The Hall–Kier alpha value is -4.08. The standard InChI is InChI=1S/C29H32N2O7/c1-20(37-27-13-7-6-12-26(27)35-2)16-30-17-22(33)18-36-25-14-8-11-24-23(25)15-28(31(24)19-32)38-29(34)21-9-4-3-5-10-21/h3-14,19-20,22,28,30,33H,15-18H2,1-2H3. The molecule has 4 rings (SSSR count). The molecular weight excluding hydrogens is 488 g/mol. The lowest BCUT2D eigenvalue weighted by Crippen LogP contribution is -2.36. The van der Waals surface area contributed by atoms with Crippen molar-refractivity contribution >= 4 is 18.1 Å². The van der Waals surface area contributed by atoms with E-state index in [0.29, 0.717) is 48.0 Å². The highest BCUT2D eigenvalue weighted by molar-refractivity contribution is 5.90. The van der Waals surface area contributed by atoms with E-state index in [2.05, 4.69) is 5.32 Å². The molecule has 9 nitrogen and oxygen atoms in total. The van der Waals surface area contributed by atoms with E-state index in [-0.39, 0.29) is 19.1 Å². The van der Waals surface area contributed by atoms with E-state index >= 15 is 0 Å². The molecule has 0 spiro atoms. The summed E-state index contributed by atoms with van der Waals surface area (Å²) < 4.78 is 22.7. The number of methoxy groups -OCH3 is 1. The van der Waals surface area contributed by atoms with Crippen LogP contribution in [-0.2, 0) is 16.0 Å². The van der Waals surface area contributed by atoms with Gasteiger partial charge < -0.3 is 29.4 Å². The molecule has 1 aliphatic heterocycles. The molecule has 3 atom stereocenters. The van der Waals surface area contributed by atoms with E-state index in [9.17, 15) is 14.7 Å². The number of benzene rings is 3. The second-order valence-corrected chi connectivity index (χ2v) is 8.90. The first-order valence-electron chi connectivity index (χ1n) is 12.4. The molecule has 3 aromatic carbocycles. The Balaban J connectivity index is 1.27. The number of carbonyl (C=O) groups excluding carboxylic acids is 2. The first-order valence-corrected chi connectivity index (χ1v) is 12.4. The first kappa shape index (κ1) is 27.0. The summed E-state index contributed by atoms with van der Waals surface area (Å²) >= 11 is 0. The minimum atomic E-state index is -0.781. The third-order valence-electron chi connectivity index (χ3n) is 6.08. The number of nitrogens with one attached hydrogen (secondary N) is 1. The summed E-state index contributed by atoms with van der Waals surface area (Å²) in [6, 6.07) is 21.4. The highest BCUT2D eigenvalue weighted by atomic mass is 16.6. The third-order valence-corrected chi connectivity index (χ3v) is 6.08. The van der Waals surface area contributed by atoms with Gasteiger partial charge in [-0.15, -0.1) is 0 Å². The van der Waals surface area contributed by atoms with E-state index < -0.39 is 18.3 Å². The number of hydrogen-bond acceptors (Lipinski definition) is 8. The van der Waals surface area contributed by atoms with Crippen molar-refractivity contribution in [3.05, 3.63) is 83.9 Å². The number of carbonyl (C=O) groups is 2. The zero-order valence-corrected chi connectivity index (χ0v) is 21.4. The molecule has 2 N–H and O–H groups in total. The van der Waals surface area contributed by atoms with Crippen molar-refractivity contribution in [2.24, 2.45) is 0 Å². The molecule has 0 saturated heterocycles. The first-order chi connectivity index (χ1) is 18.5. The summed E-state index contributed by atoms with van der Waals surface area (Å²) in [5, 5.41) is 13.6. The predicted octanol–water partition coefficient (Wildman–Crippen LogP) is 3.19. The molecule has 0 fully saturated rings. The van der Waals surface area contributed by atoms with Gasteiger partial charge in [-0.3, -0.25) is 9.69 Å². The van der Waals surface area contributed by atoms with Gasteiger partial charge >= 0.3 is 5.97 Å². The maximum Gasteiger partial charge on any atom is 0.340 e. The number of esters is 1. The van der Waals surface area contributed by atoms with Crippen LogP contribution in [0.15, 0.2) is 72.8 Å². The van der Waals surface area contributed by atoms with Crippen LogP contribution in [0.3, 0.4) is 0 Å². The van der Waals surface area contributed by atoms with Gasteiger partial charge in [-0.05, 0) is 43.3 Å². The molecule has 0 radical (unpaired) electrons. The number of amides is 1. The SMILES string of the molecule is COc1ccccc1OC(C)CNCC(O)COc1cccc2c1CC(OC(=O)c1ccccc1)N2C=O. The Morgan fingerprint density at radius 2 is 1.74 bits per heavy atom. The van der Waals surface area contributed by atoms with Crippen LogP contribution in [0.1, 0.15) is 22.8 Å². The Morgan fingerprint density at radius 3 is 2.47 bits per heavy atom. The van der Waals surface area contributed by atoms with Gasteiger partial charge in [-0.2, -0.15) is 0 Å². The molecule has 1 aliphatic rings. The van der Waals surface area contributed by atoms with E-state index in [4.69, 9.17) is 18.9 Å². The summed E-state index contributed by atoms with van der Waals surface area (Å²) in [5.41, 5.74) is 1.76. The quantitative estimate of drug-likeness (QED) is 0.262. The highest BCUT2D eigenvalue weighted by Crippen LogP contribution is 2.38. The molecular formula is C29H32N2O7. The lowest BCUT2D eigenvalue weighted by molar-refractivity contribution is -0.109. The van der Waals surface area contributed by atoms with Crippen molar-refractivity contribution < 1.29 is 33.6 Å². The normalized spacial score (nSPS) is 15.8. The van der Waals surface area contributed by atoms with E-state index in [0.717, 1.165) is 5.56 Å². The molecule has 9 heteroatoms. The van der Waals surface area contributed by atoms with Gasteiger partial charge in [0.1, 0.15) is 24.6 Å². The minimum Gasteiger partial charge on any atom is -0.493 e. The van der Waals surface area contributed by atoms with Crippen LogP contribution in [0.4, 0.5) is 5.69 Å². The highest BCUT2D eigenvalue weighted by Gasteiger charge is 2.34. The summed E-state index contributed by atoms with van der Waals surface area (Å²) in [7, 11) is 1.59. The number of aliphatic hydroxyl groups excluding tert-OH is 1. The second kappa shape index (κ2) is 12.9. The van der Waals surface area contributed by atoms with Gasteiger partial charge in [0, 0.05) is 25.1 Å². The summed E-state index contributed by atoms with van der Waals surface area (Å²) in [6.45, 7) is 2.78. The van der Waals surface area contributed by atoms with E-state index in [1.54, 1.807) is 49.6 Å². The monoisotopic (exact) mass is 520 g/mol. The van der Waals surface area contributed by atoms with Crippen LogP contribution in [0, 0.1) is 0 Å². The van der Waals surface area contributed by atoms with Crippen LogP contribution in [0.2, 0.25) is 0 Å². The van der Waals surface area contributed by atoms with Crippen LogP contribution < -0.4 is 24.4 Å². The molecule has 1 heterocycles. The van der Waals surface area contributed by atoms with Crippen LogP contribution in [0.25, 0.3) is 0 Å². The Morgan fingerprint density at radius 1 is 1.03 bits per heavy atom. The maximum absolute atomic E-state index is 12.5. The van der Waals surface area contributed by atoms with E-state index in [1.165, 1.54) is 4.90 Å². The van der Waals surface area contributed by atoms with Gasteiger partial charge in [0.05, 0.1) is 18.4 Å². The molecule has 3 unspecified atom stereocenters. The average molecular weight is 521 g/mol. The van der Waals surface area contributed by atoms with Gasteiger partial charge in [0.25, 0.3) is 0 Å². The Kier molecular flexibility index (Phi) is 9.18. The Labute approximate surface area is 221 Å². The lowest BCUT2D eigenvalue weighted by Gasteiger charge is -2.20. The average Bonchev–Trinajstić information content (AvgIpc) is 3.30. The van der Waals surface area contributed by atoms with Crippen LogP contribution in [-0.4, -0.2) is 62.7 Å². The molecule has 200 valence electrons. The van der Waals surface area contributed by atoms with Crippen molar-refractivity contribution in [2.75, 3.05) is 31.7 Å². The third kappa shape index (κ3) is 6.62. The summed E-state index contributed by atoms with van der Waals surface area (Å²) in [4.78, 5) is 25.8. The molecule has 0 bridgehead atoms. The zero-order chi connectivity index (χ0) is 26.9. The number of nitrogens with zero attached hydrogens (tertiary/aromatic N) is 1. The number of fused-ring (bicyclic) bond motifs is 1. The topological polar surface area (TPSA) is 107 Å². The number of anilines is 1. The lowest BCUT2D eigenvalue weighted by atomic mass is 10.1. The number of aliphatic hydroxyl groups is 1. The number of rotatable bonds is 13. The second-order valence-electron chi connectivity index (χ2n) is 8.90. The summed E-state index contributed by atoms with van der Waals surface area (Å²) in [5.74, 6) is 1.33. The maximum atomic E-state index is 12.5. The molecule has 0 saturated carbocycles. The molecule has 1 amide bonds.